The summed E-state index contributed by atoms with van der Waals surface area (Å²) in [6.45, 7) is 6.47. The zero-order valence-corrected chi connectivity index (χ0v) is 53.0. The SMILES string of the molecule is CC/C=C\C/C=C\C/C=C\C/C=C\C/C=C\C/C=C\C/C=C\CCCCCCCCCCCCCCCC(=O)OCC(COC(=O)CCCCCCC/C=C\CCCC)OC(=O)CCCCCCCCC/C=C\C/C=C\CCCCC. The number of esters is 3. The van der Waals surface area contributed by atoms with Gasteiger partial charge in [-0.15, -0.1) is 0 Å². The van der Waals surface area contributed by atoms with Gasteiger partial charge >= 0.3 is 17.9 Å². The zero-order chi connectivity index (χ0) is 58.5. The van der Waals surface area contributed by atoms with E-state index in [-0.39, 0.29) is 31.1 Å². The third-order valence-electron chi connectivity index (χ3n) is 14.4. The van der Waals surface area contributed by atoms with Gasteiger partial charge in [0.1, 0.15) is 13.2 Å². The van der Waals surface area contributed by atoms with Gasteiger partial charge in [-0.05, 0) is 128 Å². The van der Waals surface area contributed by atoms with E-state index in [2.05, 4.69) is 142 Å². The highest BCUT2D eigenvalue weighted by Crippen LogP contribution is 2.16. The Morgan fingerprint density at radius 1 is 0.259 bits per heavy atom. The summed E-state index contributed by atoms with van der Waals surface area (Å²) >= 11 is 0. The quantitative estimate of drug-likeness (QED) is 0.0261. The van der Waals surface area contributed by atoms with Gasteiger partial charge in [0, 0.05) is 19.3 Å². The van der Waals surface area contributed by atoms with Gasteiger partial charge in [0.2, 0.25) is 0 Å². The highest BCUT2D eigenvalue weighted by atomic mass is 16.6. The molecule has 0 aliphatic rings. The number of hydrogen-bond donors (Lipinski definition) is 0. The third kappa shape index (κ3) is 66.5. The van der Waals surface area contributed by atoms with Crippen LogP contribution in [0.15, 0.2) is 122 Å². The summed E-state index contributed by atoms with van der Waals surface area (Å²) in [4.78, 5) is 38.3. The van der Waals surface area contributed by atoms with Crippen molar-refractivity contribution in [2.75, 3.05) is 13.2 Å². The van der Waals surface area contributed by atoms with E-state index in [9.17, 15) is 14.4 Å². The molecule has 0 bridgehead atoms. The molecule has 1 unspecified atom stereocenters. The molecule has 0 aliphatic heterocycles. The van der Waals surface area contributed by atoms with Crippen molar-refractivity contribution >= 4 is 17.9 Å². The van der Waals surface area contributed by atoms with Crippen molar-refractivity contribution < 1.29 is 28.6 Å². The Morgan fingerprint density at radius 2 is 0.494 bits per heavy atom. The maximum absolute atomic E-state index is 12.9. The second-order valence-electron chi connectivity index (χ2n) is 22.3. The molecule has 0 radical (unpaired) electrons. The number of unbranched alkanes of at least 4 members (excludes halogenated alkanes) is 30. The fourth-order valence-corrected chi connectivity index (χ4v) is 9.32. The van der Waals surface area contributed by atoms with Crippen LogP contribution in [0.5, 0.6) is 0 Å². The molecule has 0 heterocycles. The second-order valence-corrected chi connectivity index (χ2v) is 22.3. The number of hydrogen-bond acceptors (Lipinski definition) is 6. The smallest absolute Gasteiger partial charge is 0.306 e. The molecule has 0 aromatic heterocycles. The largest absolute Gasteiger partial charge is 0.462 e. The second kappa shape index (κ2) is 68.3. The summed E-state index contributed by atoms with van der Waals surface area (Å²) in [5, 5.41) is 0. The molecule has 6 heteroatoms. The molecule has 462 valence electrons. The molecule has 0 spiro atoms. The van der Waals surface area contributed by atoms with Gasteiger partial charge in [-0.25, -0.2) is 0 Å². The van der Waals surface area contributed by atoms with E-state index in [0.717, 1.165) is 122 Å². The molecule has 6 nitrogen and oxygen atoms in total. The van der Waals surface area contributed by atoms with Crippen LogP contribution >= 0.6 is 0 Å². The van der Waals surface area contributed by atoms with Gasteiger partial charge in [0.05, 0.1) is 0 Å². The summed E-state index contributed by atoms with van der Waals surface area (Å²) in [7, 11) is 0. The summed E-state index contributed by atoms with van der Waals surface area (Å²) in [5.41, 5.74) is 0. The fourth-order valence-electron chi connectivity index (χ4n) is 9.32. The lowest BCUT2D eigenvalue weighted by Gasteiger charge is -2.18. The molecule has 0 saturated carbocycles. The van der Waals surface area contributed by atoms with E-state index in [1.807, 2.05) is 0 Å². The van der Waals surface area contributed by atoms with Crippen LogP contribution in [0.4, 0.5) is 0 Å². The lowest BCUT2D eigenvalue weighted by Crippen LogP contribution is -2.30. The van der Waals surface area contributed by atoms with E-state index in [0.29, 0.717) is 19.3 Å². The van der Waals surface area contributed by atoms with E-state index >= 15 is 0 Å². The molecule has 0 fully saturated rings. The lowest BCUT2D eigenvalue weighted by molar-refractivity contribution is -0.167. The summed E-state index contributed by atoms with van der Waals surface area (Å²) < 4.78 is 16.9. The molecule has 0 aromatic rings. The molecule has 1 atom stereocenters. The van der Waals surface area contributed by atoms with Gasteiger partial charge in [-0.2, -0.15) is 0 Å². The number of carbonyl (C=O) groups excluding carboxylic acids is 3. The van der Waals surface area contributed by atoms with Gasteiger partial charge in [-0.1, -0.05) is 290 Å². The van der Waals surface area contributed by atoms with Crippen molar-refractivity contribution in [1.82, 2.24) is 0 Å². The first-order valence-electron chi connectivity index (χ1n) is 34.0. The molecule has 0 amide bonds. The number of rotatable bonds is 61. The van der Waals surface area contributed by atoms with E-state index in [1.54, 1.807) is 0 Å². The van der Waals surface area contributed by atoms with Crippen LogP contribution in [0.2, 0.25) is 0 Å². The van der Waals surface area contributed by atoms with Crippen LogP contribution in [0, 0.1) is 0 Å². The van der Waals surface area contributed by atoms with E-state index in [1.165, 1.54) is 154 Å². The van der Waals surface area contributed by atoms with Crippen LogP contribution in [0.3, 0.4) is 0 Å². The van der Waals surface area contributed by atoms with E-state index < -0.39 is 6.10 Å². The highest BCUT2D eigenvalue weighted by Gasteiger charge is 2.19. The van der Waals surface area contributed by atoms with Crippen LogP contribution in [-0.4, -0.2) is 37.2 Å². The van der Waals surface area contributed by atoms with Gasteiger partial charge in [-0.3, -0.25) is 14.4 Å². The average Bonchev–Trinajstić information content (AvgIpc) is 3.47. The first kappa shape index (κ1) is 76.8. The predicted octanol–water partition coefficient (Wildman–Crippen LogP) is 23.6. The third-order valence-corrected chi connectivity index (χ3v) is 14.4. The van der Waals surface area contributed by atoms with Crippen molar-refractivity contribution in [2.45, 2.75) is 322 Å². The minimum absolute atomic E-state index is 0.0840. The molecular formula is C75H126O6. The maximum Gasteiger partial charge on any atom is 0.306 e. The van der Waals surface area contributed by atoms with Crippen LogP contribution in [-0.2, 0) is 28.6 Å². The topological polar surface area (TPSA) is 78.9 Å². The molecular weight excluding hydrogens is 997 g/mol. The van der Waals surface area contributed by atoms with Crippen molar-refractivity contribution in [3.8, 4) is 0 Å². The minimum Gasteiger partial charge on any atom is -0.462 e. The number of carbonyl (C=O) groups is 3. The van der Waals surface area contributed by atoms with Gasteiger partial charge in [0.15, 0.2) is 6.10 Å². The van der Waals surface area contributed by atoms with Crippen molar-refractivity contribution in [3.63, 3.8) is 0 Å². The first-order valence-corrected chi connectivity index (χ1v) is 34.0. The lowest BCUT2D eigenvalue weighted by atomic mass is 10.0. The molecule has 0 saturated heterocycles. The number of allylic oxidation sites excluding steroid dienone is 20. The Bertz CT molecular complexity index is 1670. The monoisotopic (exact) mass is 1120 g/mol. The minimum atomic E-state index is -0.787. The molecule has 0 rings (SSSR count). The van der Waals surface area contributed by atoms with Crippen LogP contribution in [0.1, 0.15) is 316 Å². The maximum atomic E-state index is 12.9. The normalized spacial score (nSPS) is 12.9. The highest BCUT2D eigenvalue weighted by molar-refractivity contribution is 5.71. The fraction of sp³-hybridized carbons (Fsp3) is 0.693. The van der Waals surface area contributed by atoms with Crippen molar-refractivity contribution in [2.24, 2.45) is 0 Å². The average molecular weight is 1120 g/mol. The van der Waals surface area contributed by atoms with Crippen LogP contribution < -0.4 is 0 Å². The Kier molecular flexibility index (Phi) is 64.8. The molecule has 0 aromatic carbocycles. The molecule has 81 heavy (non-hydrogen) atoms. The molecule has 0 N–H and O–H groups in total. The Balaban J connectivity index is 4.17. The molecule has 0 aliphatic carbocycles. The number of ether oxygens (including phenoxy) is 3. The van der Waals surface area contributed by atoms with Crippen LogP contribution in [0.25, 0.3) is 0 Å². The Labute approximate surface area is 501 Å². The standard InChI is InChI=1S/C75H126O6/c1-4-7-10-13-16-19-22-24-26-28-29-30-31-32-33-34-35-36-37-38-39-40-41-42-43-44-45-47-48-50-53-56-59-62-65-68-74(77)80-71-72(70-79-73(76)67-64-61-58-55-52-21-18-15-12-9-6-3)81-75(78)69-66-63-60-57-54-51-49-46-27-25-23-20-17-14-11-8-5-2/h7,10,15-20,24-27,29-30,32-33,35-36,38-39,72H,4-6,8-9,11-14,21-23,28,31,34,37,40-71H2,1-3H3/b10-7-,18-15-,19-16-,20-17-,26-24-,27-25-,30-29-,33-32-,36-35-,39-38-. The summed E-state index contributed by atoms with van der Waals surface area (Å²) in [6.07, 6.45) is 95.1. The first-order chi connectivity index (χ1) is 40.0. The van der Waals surface area contributed by atoms with Gasteiger partial charge in [0.25, 0.3) is 0 Å². The Morgan fingerprint density at radius 3 is 0.802 bits per heavy atom. The van der Waals surface area contributed by atoms with Crippen molar-refractivity contribution in [1.29, 1.82) is 0 Å². The predicted molar refractivity (Wildman–Crippen MR) is 353 cm³/mol. The summed E-state index contributed by atoms with van der Waals surface area (Å²) in [5.74, 6) is -0.896. The van der Waals surface area contributed by atoms with Gasteiger partial charge < -0.3 is 14.2 Å². The zero-order valence-electron chi connectivity index (χ0n) is 53.0. The van der Waals surface area contributed by atoms with E-state index in [4.69, 9.17) is 14.2 Å². The summed E-state index contributed by atoms with van der Waals surface area (Å²) in [6, 6.07) is 0. The van der Waals surface area contributed by atoms with Crippen molar-refractivity contribution in [3.05, 3.63) is 122 Å². The Hall–Kier alpha value is -4.19.